The molecule has 0 radical (unpaired) electrons. The van der Waals surface area contributed by atoms with Crippen LogP contribution in [0.5, 0.6) is 0 Å². The molecular formula is C17H26ClN. The molecule has 0 amide bonds. The lowest BCUT2D eigenvalue weighted by Crippen LogP contribution is -2.52. The van der Waals surface area contributed by atoms with E-state index in [1.807, 2.05) is 0 Å². The van der Waals surface area contributed by atoms with E-state index in [1.165, 1.54) is 26.0 Å². The summed E-state index contributed by atoms with van der Waals surface area (Å²) < 4.78 is 116. The Morgan fingerprint density at radius 3 is 2.53 bits per heavy atom. The molecule has 1 fully saturated rings. The van der Waals surface area contributed by atoms with E-state index in [0.717, 1.165) is 12.1 Å². The first-order chi connectivity index (χ1) is 14.4. The Morgan fingerprint density at radius 2 is 2.00 bits per heavy atom. The molecule has 1 saturated carbocycles. The first-order valence-electron chi connectivity index (χ1n) is 13.0. The van der Waals surface area contributed by atoms with Crippen LogP contribution in [-0.2, 0) is 5.41 Å². The van der Waals surface area contributed by atoms with Gasteiger partial charge in [0.1, 0.15) is 0 Å². The summed E-state index contributed by atoms with van der Waals surface area (Å²) in [5, 5.41) is 0.157. The van der Waals surface area contributed by atoms with Crippen LogP contribution in [0.25, 0.3) is 0 Å². The predicted molar refractivity (Wildman–Crippen MR) is 83.9 cm³/mol. The molecule has 2 heteroatoms. The molecule has 1 aliphatic rings. The summed E-state index contributed by atoms with van der Waals surface area (Å²) in [6.45, 7) is -4.35. The SMILES string of the molecule is [2H]C([2H])(C(C)C)C(N(C([2H])([2H])[2H])C([2H])([2H])[2H])C1(c2ccc(Cl)cc2)C([2H])([2H])C([2H])([2H])C1([2H])[2H]. The van der Waals surface area contributed by atoms with Gasteiger partial charge in [0.05, 0.1) is 0 Å². The quantitative estimate of drug-likeness (QED) is 0.758. The minimum atomic E-state index is -3.51. The van der Waals surface area contributed by atoms with Crippen molar-refractivity contribution in [2.24, 2.45) is 5.92 Å². The summed E-state index contributed by atoms with van der Waals surface area (Å²) in [4.78, 5) is -0.153. The zero-order chi connectivity index (χ0) is 26.2. The van der Waals surface area contributed by atoms with Gasteiger partial charge in [0.2, 0.25) is 0 Å². The summed E-state index contributed by atoms with van der Waals surface area (Å²) in [5.74, 6) is -1.10. The lowest BCUT2D eigenvalue weighted by atomic mass is 9.58. The van der Waals surface area contributed by atoms with Crippen molar-refractivity contribution in [1.29, 1.82) is 0 Å². The molecule has 1 atom stereocenters. The van der Waals surface area contributed by atoms with E-state index in [1.54, 1.807) is 0 Å². The highest BCUT2D eigenvalue weighted by molar-refractivity contribution is 6.30. The predicted octanol–water partition coefficient (Wildman–Crippen LogP) is 4.74. The molecule has 1 aliphatic carbocycles. The molecule has 19 heavy (non-hydrogen) atoms. The van der Waals surface area contributed by atoms with Crippen LogP contribution in [0.2, 0.25) is 5.02 Å². The molecule has 106 valence electrons. The smallest absolute Gasteiger partial charge is 0.0406 e. The summed E-state index contributed by atoms with van der Waals surface area (Å²) in [7, 11) is 0. The van der Waals surface area contributed by atoms with Crippen molar-refractivity contribution in [2.75, 3.05) is 14.0 Å². The maximum absolute atomic E-state index is 8.74. The van der Waals surface area contributed by atoms with Gasteiger partial charge in [-0.15, -0.1) is 0 Å². The third-order valence-electron chi connectivity index (χ3n) is 2.98. The van der Waals surface area contributed by atoms with Crippen LogP contribution in [0, 0.1) is 5.92 Å². The molecule has 0 spiro atoms. The van der Waals surface area contributed by atoms with E-state index >= 15 is 0 Å². The van der Waals surface area contributed by atoms with Crippen molar-refractivity contribution in [3.05, 3.63) is 34.9 Å². The zero-order valence-electron chi connectivity index (χ0n) is 24.8. The molecule has 0 saturated heterocycles. The van der Waals surface area contributed by atoms with Gasteiger partial charge in [-0.1, -0.05) is 44.0 Å². The van der Waals surface area contributed by atoms with Gasteiger partial charge in [-0.05, 0) is 56.7 Å². The van der Waals surface area contributed by atoms with Crippen molar-refractivity contribution < 1.29 is 19.2 Å². The fraction of sp³-hybridized carbons (Fsp3) is 0.647. The van der Waals surface area contributed by atoms with Crippen LogP contribution < -0.4 is 0 Å². The fourth-order valence-corrected chi connectivity index (χ4v) is 2.18. The van der Waals surface area contributed by atoms with Gasteiger partial charge in [0.25, 0.3) is 0 Å². The Hall–Kier alpha value is -0.530. The van der Waals surface area contributed by atoms with E-state index in [0.29, 0.717) is 0 Å². The second kappa shape index (κ2) is 5.85. The lowest BCUT2D eigenvalue weighted by molar-refractivity contribution is 0.0808. The van der Waals surface area contributed by atoms with Gasteiger partial charge >= 0.3 is 0 Å². The summed E-state index contributed by atoms with van der Waals surface area (Å²) in [6.07, 6.45) is -12.5. The molecular weight excluding hydrogens is 254 g/mol. The second-order valence-corrected chi connectivity index (χ2v) is 5.22. The minimum Gasteiger partial charge on any atom is -0.306 e. The maximum atomic E-state index is 8.74. The monoisotopic (exact) mass is 293 g/mol. The third kappa shape index (κ3) is 2.98. The number of hydrogen-bond acceptors (Lipinski definition) is 1. The number of hydrogen-bond donors (Lipinski definition) is 0. The minimum absolute atomic E-state index is 0.153. The Labute approximate surface area is 142 Å². The molecule has 1 unspecified atom stereocenters. The van der Waals surface area contributed by atoms with Crippen LogP contribution in [0.15, 0.2) is 24.3 Å². The van der Waals surface area contributed by atoms with Gasteiger partial charge in [-0.3, -0.25) is 0 Å². The molecule has 2 rings (SSSR count). The van der Waals surface area contributed by atoms with Gasteiger partial charge < -0.3 is 4.90 Å². The summed E-state index contributed by atoms with van der Waals surface area (Å²) in [6, 6.07) is 2.31. The van der Waals surface area contributed by atoms with Crippen LogP contribution in [0.3, 0.4) is 0 Å². The van der Waals surface area contributed by atoms with E-state index in [2.05, 4.69) is 0 Å². The van der Waals surface area contributed by atoms with Crippen molar-refractivity contribution in [3.8, 4) is 0 Å². The van der Waals surface area contributed by atoms with Crippen LogP contribution in [0.4, 0.5) is 0 Å². The zero-order valence-corrected chi connectivity index (χ0v) is 11.5. The molecule has 1 aromatic carbocycles. The Balaban J connectivity index is 3.16. The highest BCUT2D eigenvalue weighted by Crippen LogP contribution is 2.49. The van der Waals surface area contributed by atoms with E-state index < -0.39 is 56.8 Å². The van der Waals surface area contributed by atoms with E-state index in [9.17, 15) is 0 Å². The highest BCUT2D eigenvalue weighted by Gasteiger charge is 2.46. The molecule has 0 N–H and O–H groups in total. The van der Waals surface area contributed by atoms with Gasteiger partial charge in [-0.25, -0.2) is 0 Å². The number of rotatable bonds is 5. The molecule has 0 aliphatic heterocycles. The van der Waals surface area contributed by atoms with Gasteiger partial charge in [0.15, 0.2) is 0 Å². The summed E-state index contributed by atoms with van der Waals surface area (Å²) >= 11 is 5.92. The maximum Gasteiger partial charge on any atom is 0.0406 e. The van der Waals surface area contributed by atoms with Crippen LogP contribution in [0.1, 0.15) is 64.1 Å². The fourth-order valence-electron chi connectivity index (χ4n) is 2.06. The third-order valence-corrected chi connectivity index (χ3v) is 3.23. The van der Waals surface area contributed by atoms with Crippen molar-refractivity contribution in [3.63, 3.8) is 0 Å². The molecule has 1 nitrogen and oxygen atoms in total. The van der Waals surface area contributed by atoms with E-state index in [-0.39, 0.29) is 15.5 Å². The van der Waals surface area contributed by atoms with Crippen molar-refractivity contribution >= 4 is 11.6 Å². The summed E-state index contributed by atoms with van der Waals surface area (Å²) in [5.41, 5.74) is -3.19. The number of nitrogens with zero attached hydrogens (tertiary/aromatic N) is 1. The Kier molecular flexibility index (Phi) is 1.55. The average Bonchev–Trinajstić information content (AvgIpc) is 2.59. The van der Waals surface area contributed by atoms with Crippen LogP contribution in [-0.4, -0.2) is 24.9 Å². The largest absolute Gasteiger partial charge is 0.306 e. The first kappa shape index (κ1) is 5.03. The van der Waals surface area contributed by atoms with Crippen molar-refractivity contribution in [2.45, 2.75) is 50.8 Å². The average molecular weight is 294 g/mol. The highest BCUT2D eigenvalue weighted by atomic mass is 35.5. The molecule has 1 aromatic rings. The van der Waals surface area contributed by atoms with Gasteiger partial charge in [0, 0.05) is 35.7 Å². The molecule has 0 aromatic heterocycles. The number of benzene rings is 1. The normalized spacial score (nSPS) is 40.5. The first-order valence-corrected chi connectivity index (χ1v) is 6.36. The molecule has 0 heterocycles. The topological polar surface area (TPSA) is 3.24 Å². The Morgan fingerprint density at radius 1 is 1.37 bits per heavy atom. The Bertz CT molecular complexity index is 839. The van der Waals surface area contributed by atoms with Crippen molar-refractivity contribution in [1.82, 2.24) is 4.90 Å². The van der Waals surface area contributed by atoms with Gasteiger partial charge in [-0.2, -0.15) is 0 Å². The van der Waals surface area contributed by atoms with Crippen LogP contribution >= 0.6 is 11.6 Å². The standard InChI is InChI=1S/C17H26ClN/c1-13(2)12-16(19(3)4)17(10-5-11-17)14-6-8-15(18)9-7-14/h6-9,13,16H,5,10-12H2,1-4H3/i3D3,4D3,5D2,10D2,11D2,12D2. The number of likely N-dealkylation sites (N-methyl/N-ethyl adjacent to an activating group) is 1. The van der Waals surface area contributed by atoms with E-state index in [4.69, 9.17) is 30.8 Å². The lowest BCUT2D eigenvalue weighted by Gasteiger charge is -2.51. The number of halogens is 1. The second-order valence-electron chi connectivity index (χ2n) is 4.78. The molecule has 0 bridgehead atoms.